The molecular weight excluding hydrogens is 469 g/mol. The van der Waals surface area contributed by atoms with Crippen molar-refractivity contribution >= 4 is 29.9 Å². The van der Waals surface area contributed by atoms with E-state index in [1.54, 1.807) is 13.4 Å². The molecule has 1 aromatic heterocycles. The lowest BCUT2D eigenvalue weighted by Gasteiger charge is -2.36. The molecule has 1 saturated heterocycles. The SMILES string of the molecule is CCNC(=NCC1(CCOC)CCCC1)N1CCN(Cc2ccon2)CC1.I. The van der Waals surface area contributed by atoms with Crippen LogP contribution in [0.3, 0.4) is 0 Å². The second kappa shape index (κ2) is 12.0. The first kappa shape index (κ1) is 23.4. The number of guanidine groups is 1. The topological polar surface area (TPSA) is 66.1 Å². The van der Waals surface area contributed by atoms with E-state index in [4.69, 9.17) is 14.3 Å². The number of methoxy groups -OCH3 is 1. The summed E-state index contributed by atoms with van der Waals surface area (Å²) in [5, 5.41) is 7.53. The predicted octanol–water partition coefficient (Wildman–Crippen LogP) is 2.97. The highest BCUT2D eigenvalue weighted by Crippen LogP contribution is 2.41. The second-order valence-corrected chi connectivity index (χ2v) is 7.87. The molecule has 0 aromatic carbocycles. The Hall–Kier alpha value is -0.870. The van der Waals surface area contributed by atoms with Crippen molar-refractivity contribution in [1.29, 1.82) is 0 Å². The lowest BCUT2D eigenvalue weighted by atomic mass is 9.83. The molecule has 2 fully saturated rings. The summed E-state index contributed by atoms with van der Waals surface area (Å²) in [5.41, 5.74) is 1.34. The van der Waals surface area contributed by atoms with Crippen LogP contribution >= 0.6 is 24.0 Å². The van der Waals surface area contributed by atoms with E-state index in [9.17, 15) is 0 Å². The summed E-state index contributed by atoms with van der Waals surface area (Å²) < 4.78 is 10.3. The Kier molecular flexibility index (Phi) is 10.0. The van der Waals surface area contributed by atoms with E-state index in [0.717, 1.165) is 70.5 Å². The van der Waals surface area contributed by atoms with E-state index in [2.05, 4.69) is 27.2 Å². The number of hydrogen-bond acceptors (Lipinski definition) is 5. The fraction of sp³-hybridized carbons (Fsp3) is 0.800. The van der Waals surface area contributed by atoms with Gasteiger partial charge >= 0.3 is 0 Å². The monoisotopic (exact) mass is 505 g/mol. The van der Waals surface area contributed by atoms with Gasteiger partial charge in [-0.1, -0.05) is 18.0 Å². The van der Waals surface area contributed by atoms with Gasteiger partial charge in [-0.2, -0.15) is 0 Å². The summed E-state index contributed by atoms with van der Waals surface area (Å²) in [5.74, 6) is 1.07. The quantitative estimate of drug-likeness (QED) is 0.333. The number of nitrogens with one attached hydrogen (secondary N) is 1. The molecule has 2 aliphatic rings. The van der Waals surface area contributed by atoms with Crippen molar-refractivity contribution in [2.75, 3.05) is 53.0 Å². The fourth-order valence-electron chi connectivity index (χ4n) is 4.27. The zero-order chi connectivity index (χ0) is 19.0. The number of nitrogens with zero attached hydrogens (tertiary/aromatic N) is 4. The normalized spacial score (nSPS) is 20.2. The molecule has 0 amide bonds. The van der Waals surface area contributed by atoms with Crippen LogP contribution in [-0.2, 0) is 11.3 Å². The van der Waals surface area contributed by atoms with Crippen molar-refractivity contribution in [3.63, 3.8) is 0 Å². The Morgan fingerprint density at radius 1 is 1.29 bits per heavy atom. The summed E-state index contributed by atoms with van der Waals surface area (Å²) in [7, 11) is 1.80. The molecule has 8 heteroatoms. The smallest absolute Gasteiger partial charge is 0.194 e. The van der Waals surface area contributed by atoms with Gasteiger partial charge in [-0.25, -0.2) is 0 Å². The summed E-state index contributed by atoms with van der Waals surface area (Å²) in [6, 6.07) is 1.94. The third kappa shape index (κ3) is 6.59. The van der Waals surface area contributed by atoms with E-state index < -0.39 is 0 Å². The summed E-state index contributed by atoms with van der Waals surface area (Å²) >= 11 is 0. The van der Waals surface area contributed by atoms with Crippen LogP contribution in [-0.4, -0.2) is 73.9 Å². The van der Waals surface area contributed by atoms with Gasteiger partial charge < -0.3 is 19.5 Å². The molecular formula is C20H36IN5O2. The van der Waals surface area contributed by atoms with Crippen LogP contribution in [0.4, 0.5) is 0 Å². The predicted molar refractivity (Wildman–Crippen MR) is 122 cm³/mol. The molecule has 0 atom stereocenters. The van der Waals surface area contributed by atoms with Gasteiger partial charge in [0.1, 0.15) is 6.26 Å². The minimum atomic E-state index is 0. The minimum absolute atomic E-state index is 0. The molecule has 7 nitrogen and oxygen atoms in total. The van der Waals surface area contributed by atoms with E-state index >= 15 is 0 Å². The average Bonchev–Trinajstić information content (AvgIpc) is 3.37. The number of aromatic nitrogens is 1. The Morgan fingerprint density at radius 3 is 2.64 bits per heavy atom. The van der Waals surface area contributed by atoms with Gasteiger partial charge in [0, 0.05) is 65.6 Å². The first-order valence-corrected chi connectivity index (χ1v) is 10.4. The number of ether oxygens (including phenoxy) is 1. The number of rotatable bonds is 8. The van der Waals surface area contributed by atoms with Crippen molar-refractivity contribution in [2.24, 2.45) is 10.4 Å². The Labute approximate surface area is 186 Å². The lowest BCUT2D eigenvalue weighted by Crippen LogP contribution is -2.52. The summed E-state index contributed by atoms with van der Waals surface area (Å²) in [6.45, 7) is 9.69. The van der Waals surface area contributed by atoms with Crippen LogP contribution in [0.25, 0.3) is 0 Å². The number of piperazine rings is 1. The molecule has 0 bridgehead atoms. The van der Waals surface area contributed by atoms with Crippen molar-refractivity contribution < 1.29 is 9.26 Å². The molecule has 1 aliphatic carbocycles. The van der Waals surface area contributed by atoms with E-state index in [0.29, 0.717) is 5.41 Å². The molecule has 1 N–H and O–H groups in total. The van der Waals surface area contributed by atoms with Gasteiger partial charge in [0.25, 0.3) is 0 Å². The maximum absolute atomic E-state index is 5.36. The van der Waals surface area contributed by atoms with Gasteiger partial charge in [0.2, 0.25) is 0 Å². The van der Waals surface area contributed by atoms with Crippen LogP contribution < -0.4 is 5.32 Å². The van der Waals surface area contributed by atoms with Gasteiger partial charge in [0.15, 0.2) is 5.96 Å². The molecule has 0 radical (unpaired) electrons. The Balaban J connectivity index is 0.00000280. The van der Waals surface area contributed by atoms with E-state index in [-0.39, 0.29) is 24.0 Å². The number of aliphatic imine (C=N–C) groups is 1. The zero-order valence-corrected chi connectivity index (χ0v) is 19.7. The van der Waals surface area contributed by atoms with Gasteiger partial charge in [-0.15, -0.1) is 24.0 Å². The van der Waals surface area contributed by atoms with Crippen LogP contribution in [0.5, 0.6) is 0 Å². The first-order valence-electron chi connectivity index (χ1n) is 10.4. The van der Waals surface area contributed by atoms with Crippen molar-refractivity contribution in [2.45, 2.75) is 45.6 Å². The highest BCUT2D eigenvalue weighted by atomic mass is 127. The van der Waals surface area contributed by atoms with Crippen LogP contribution in [0.15, 0.2) is 21.8 Å². The fourth-order valence-corrected chi connectivity index (χ4v) is 4.27. The second-order valence-electron chi connectivity index (χ2n) is 7.87. The van der Waals surface area contributed by atoms with Gasteiger partial charge in [-0.3, -0.25) is 9.89 Å². The molecule has 1 aromatic rings. The highest BCUT2D eigenvalue weighted by molar-refractivity contribution is 14.0. The Bertz CT molecular complexity index is 567. The Morgan fingerprint density at radius 2 is 2.04 bits per heavy atom. The largest absolute Gasteiger partial charge is 0.385 e. The molecule has 3 rings (SSSR count). The molecule has 160 valence electrons. The van der Waals surface area contributed by atoms with Crippen LogP contribution in [0.2, 0.25) is 0 Å². The van der Waals surface area contributed by atoms with Crippen molar-refractivity contribution in [3.8, 4) is 0 Å². The van der Waals surface area contributed by atoms with Gasteiger partial charge in [0.05, 0.1) is 5.69 Å². The first-order chi connectivity index (χ1) is 13.2. The standard InChI is InChI=1S/C20H35N5O2.HI/c1-3-21-19(22-17-20(9-15-26-2)7-4-5-8-20)25-12-10-24(11-13-25)16-18-6-14-27-23-18;/h6,14H,3-5,7-13,15-17H2,1-2H3,(H,21,22);1H. The maximum atomic E-state index is 5.36. The molecule has 0 spiro atoms. The highest BCUT2D eigenvalue weighted by Gasteiger charge is 2.33. The van der Waals surface area contributed by atoms with Crippen LogP contribution in [0, 0.1) is 5.41 Å². The van der Waals surface area contributed by atoms with Crippen molar-refractivity contribution in [1.82, 2.24) is 20.3 Å². The molecule has 1 aliphatic heterocycles. The average molecular weight is 505 g/mol. The molecule has 28 heavy (non-hydrogen) atoms. The van der Waals surface area contributed by atoms with E-state index in [1.807, 2.05) is 6.07 Å². The molecule has 2 heterocycles. The number of hydrogen-bond donors (Lipinski definition) is 1. The lowest BCUT2D eigenvalue weighted by molar-refractivity contribution is 0.140. The van der Waals surface area contributed by atoms with E-state index in [1.165, 1.54) is 25.7 Å². The molecule has 1 saturated carbocycles. The zero-order valence-electron chi connectivity index (χ0n) is 17.4. The summed E-state index contributed by atoms with van der Waals surface area (Å²) in [4.78, 5) is 9.91. The third-order valence-electron chi connectivity index (χ3n) is 5.95. The third-order valence-corrected chi connectivity index (χ3v) is 5.95. The summed E-state index contributed by atoms with van der Waals surface area (Å²) in [6.07, 6.45) is 7.99. The number of halogens is 1. The van der Waals surface area contributed by atoms with Crippen molar-refractivity contribution in [3.05, 3.63) is 18.0 Å². The minimum Gasteiger partial charge on any atom is -0.385 e. The molecule has 0 unspecified atom stereocenters. The van der Waals surface area contributed by atoms with Crippen LogP contribution in [0.1, 0.15) is 44.7 Å². The maximum Gasteiger partial charge on any atom is 0.194 e. The van der Waals surface area contributed by atoms with Gasteiger partial charge in [-0.05, 0) is 31.6 Å².